The van der Waals surface area contributed by atoms with Crippen molar-refractivity contribution in [2.75, 3.05) is 11.8 Å². The Balaban J connectivity index is 5.85. The van der Waals surface area contributed by atoms with Gasteiger partial charge in [0.05, 0.1) is 11.8 Å². The van der Waals surface area contributed by atoms with Crippen LogP contribution in [0, 0.1) is 17.8 Å². The maximum absolute atomic E-state index is 13.1. The average molecular weight is 495 g/mol. The molecule has 0 heterocycles. The lowest BCUT2D eigenvalue weighted by Gasteiger charge is -2.32. The molecule has 0 aromatic rings. The van der Waals surface area contributed by atoms with Crippen LogP contribution in [0.3, 0.4) is 0 Å². The highest BCUT2D eigenvalue weighted by molar-refractivity contribution is 6.50. The van der Waals surface area contributed by atoms with Gasteiger partial charge in [-0.2, -0.15) is 0 Å². The van der Waals surface area contributed by atoms with Gasteiger partial charge in [0.1, 0.15) is 5.88 Å². The molecule has 0 rings (SSSR count). The number of Topliss-reactive ketones (excluding diaryl/α,β-unsaturated/α-hetero) is 2. The molecule has 0 aromatic heterocycles. The van der Waals surface area contributed by atoms with E-state index in [4.69, 9.17) is 61.6 Å². The molecular weight excluding hydrogens is 468 g/mol. The third-order valence-corrected chi connectivity index (χ3v) is 5.30. The van der Waals surface area contributed by atoms with Gasteiger partial charge in [-0.1, -0.05) is 50.9 Å². The number of nitrogens with two attached hydrogens (primary N) is 1. The number of ether oxygens (including phenoxy) is 2. The Hall–Kier alpha value is -0.600. The second-order valence-electron chi connectivity index (χ2n) is 7.51. The van der Waals surface area contributed by atoms with Crippen LogP contribution in [0.25, 0.3) is 0 Å². The molecule has 0 saturated carbocycles. The molecule has 3 atom stereocenters. The quantitative estimate of drug-likeness (QED) is 0.251. The minimum Gasteiger partial charge on any atom is -0.453 e. The Morgan fingerprint density at radius 3 is 1.90 bits per heavy atom. The van der Waals surface area contributed by atoms with Gasteiger partial charge in [0.25, 0.3) is 4.52 Å². The second-order valence-corrected chi connectivity index (χ2v) is 9.46. The first-order chi connectivity index (χ1) is 13.1. The van der Waals surface area contributed by atoms with E-state index < -0.39 is 63.3 Å². The van der Waals surface area contributed by atoms with Crippen molar-refractivity contribution in [1.82, 2.24) is 0 Å². The van der Waals surface area contributed by atoms with Gasteiger partial charge in [0.15, 0.2) is 23.2 Å². The van der Waals surface area contributed by atoms with Gasteiger partial charge in [0.2, 0.25) is 0 Å². The smallest absolute Gasteiger partial charge is 0.336 e. The standard InChI is InChI=1S/C18H27Cl4NO6/c1-9(2)6-17(23,16(27)29-18(21,22)8-20)15(26)11(5)13(25)14(10(3)4)28-12(24)7-19/h9-11,14H,6-8,23H2,1-5H3/t11-,14+,17+/m1/s1. The Kier molecular flexibility index (Phi) is 11.5. The molecule has 0 aliphatic rings. The summed E-state index contributed by atoms with van der Waals surface area (Å²) in [6.45, 7) is 8.00. The maximum Gasteiger partial charge on any atom is 0.336 e. The van der Waals surface area contributed by atoms with E-state index in [-0.39, 0.29) is 12.3 Å². The Labute approximate surface area is 190 Å². The highest BCUT2D eigenvalue weighted by Crippen LogP contribution is 2.30. The monoisotopic (exact) mass is 493 g/mol. The third kappa shape index (κ3) is 8.21. The van der Waals surface area contributed by atoms with Gasteiger partial charge >= 0.3 is 11.9 Å². The van der Waals surface area contributed by atoms with E-state index in [0.717, 1.165) is 0 Å². The van der Waals surface area contributed by atoms with Gasteiger partial charge in [-0.15, -0.1) is 23.2 Å². The number of rotatable bonds is 12. The highest BCUT2D eigenvalue weighted by atomic mass is 35.5. The fourth-order valence-corrected chi connectivity index (χ4v) is 2.90. The number of halogens is 4. The van der Waals surface area contributed by atoms with Gasteiger partial charge < -0.3 is 15.2 Å². The van der Waals surface area contributed by atoms with Crippen LogP contribution in [0.2, 0.25) is 0 Å². The summed E-state index contributed by atoms with van der Waals surface area (Å²) in [6, 6.07) is 0. The summed E-state index contributed by atoms with van der Waals surface area (Å²) in [7, 11) is 0. The summed E-state index contributed by atoms with van der Waals surface area (Å²) >= 11 is 22.5. The first-order valence-corrected chi connectivity index (χ1v) is 10.7. The van der Waals surface area contributed by atoms with E-state index in [0.29, 0.717) is 0 Å². The Morgan fingerprint density at radius 2 is 1.52 bits per heavy atom. The number of esters is 2. The van der Waals surface area contributed by atoms with Crippen LogP contribution in [-0.2, 0) is 28.7 Å². The fourth-order valence-electron chi connectivity index (χ4n) is 2.64. The number of carbonyl (C=O) groups is 4. The van der Waals surface area contributed by atoms with Crippen molar-refractivity contribution >= 4 is 69.9 Å². The molecule has 0 unspecified atom stereocenters. The van der Waals surface area contributed by atoms with Crippen LogP contribution in [0.1, 0.15) is 41.0 Å². The molecule has 0 saturated heterocycles. The van der Waals surface area contributed by atoms with E-state index in [1.807, 2.05) is 0 Å². The van der Waals surface area contributed by atoms with Crippen LogP contribution < -0.4 is 5.73 Å². The van der Waals surface area contributed by atoms with Gasteiger partial charge in [-0.25, -0.2) is 4.79 Å². The zero-order valence-electron chi connectivity index (χ0n) is 17.0. The molecular formula is C18H27Cl4NO6. The van der Waals surface area contributed by atoms with Crippen molar-refractivity contribution in [3.8, 4) is 0 Å². The molecule has 0 aromatic carbocycles. The molecule has 0 aliphatic heterocycles. The second kappa shape index (κ2) is 11.7. The maximum atomic E-state index is 13.1. The molecule has 0 aliphatic carbocycles. The molecule has 7 nitrogen and oxygen atoms in total. The molecule has 168 valence electrons. The van der Waals surface area contributed by atoms with Crippen molar-refractivity contribution in [3.63, 3.8) is 0 Å². The normalized spacial score (nSPS) is 16.1. The van der Waals surface area contributed by atoms with Crippen molar-refractivity contribution in [1.29, 1.82) is 0 Å². The molecule has 2 N–H and O–H groups in total. The molecule has 0 bridgehead atoms. The number of hydrogen-bond acceptors (Lipinski definition) is 7. The zero-order chi connectivity index (χ0) is 23.2. The third-order valence-electron chi connectivity index (χ3n) is 4.01. The summed E-state index contributed by atoms with van der Waals surface area (Å²) in [5.41, 5.74) is 3.92. The summed E-state index contributed by atoms with van der Waals surface area (Å²) < 4.78 is 7.86. The number of alkyl halides is 4. The molecule has 29 heavy (non-hydrogen) atoms. The van der Waals surface area contributed by atoms with E-state index >= 15 is 0 Å². The topological polar surface area (TPSA) is 113 Å². The van der Waals surface area contributed by atoms with Crippen molar-refractivity contribution in [2.24, 2.45) is 23.5 Å². The highest BCUT2D eigenvalue weighted by Gasteiger charge is 2.50. The minimum absolute atomic E-state index is 0.137. The van der Waals surface area contributed by atoms with Crippen LogP contribution in [0.5, 0.6) is 0 Å². The van der Waals surface area contributed by atoms with Crippen LogP contribution in [0.15, 0.2) is 0 Å². The van der Waals surface area contributed by atoms with E-state index in [1.54, 1.807) is 27.7 Å². The molecule has 0 fully saturated rings. The molecule has 11 heteroatoms. The van der Waals surface area contributed by atoms with Gasteiger partial charge in [0, 0.05) is 0 Å². The summed E-state index contributed by atoms with van der Waals surface area (Å²) in [5, 5.41) is 0. The number of hydrogen-bond donors (Lipinski definition) is 1. The van der Waals surface area contributed by atoms with Crippen LogP contribution >= 0.6 is 46.4 Å². The Morgan fingerprint density at radius 1 is 1.00 bits per heavy atom. The number of carbonyl (C=O) groups excluding carboxylic acids is 4. The molecule has 0 spiro atoms. The minimum atomic E-state index is -2.21. The predicted molar refractivity (Wildman–Crippen MR) is 112 cm³/mol. The van der Waals surface area contributed by atoms with Gasteiger partial charge in [-0.05, 0) is 25.2 Å². The van der Waals surface area contributed by atoms with E-state index in [2.05, 4.69) is 0 Å². The lowest BCUT2D eigenvalue weighted by atomic mass is 9.78. The molecule has 0 amide bonds. The van der Waals surface area contributed by atoms with Crippen molar-refractivity contribution < 1.29 is 28.7 Å². The summed E-state index contributed by atoms with van der Waals surface area (Å²) in [5.74, 6) is -6.60. The van der Waals surface area contributed by atoms with Crippen LogP contribution in [-0.4, -0.2) is 51.4 Å². The predicted octanol–water partition coefficient (Wildman–Crippen LogP) is 3.22. The van der Waals surface area contributed by atoms with Crippen LogP contribution in [0.4, 0.5) is 0 Å². The fraction of sp³-hybridized carbons (Fsp3) is 0.778. The number of ketones is 2. The SMILES string of the molecule is CC(C)C[C@@](N)(C(=O)OC(Cl)(Cl)CCl)C(=O)[C@H](C)C(=O)[C@@H](OC(=O)CCl)C(C)C. The lowest BCUT2D eigenvalue weighted by Crippen LogP contribution is -2.61. The largest absolute Gasteiger partial charge is 0.453 e. The first kappa shape index (κ1) is 28.4. The van der Waals surface area contributed by atoms with E-state index in [1.165, 1.54) is 6.92 Å². The van der Waals surface area contributed by atoms with Crippen molar-refractivity contribution in [2.45, 2.75) is 57.2 Å². The average Bonchev–Trinajstić information content (AvgIpc) is 2.62. The zero-order valence-corrected chi connectivity index (χ0v) is 20.0. The lowest BCUT2D eigenvalue weighted by molar-refractivity contribution is -0.162. The Bertz CT molecular complexity index is 625. The van der Waals surface area contributed by atoms with E-state index in [9.17, 15) is 19.2 Å². The van der Waals surface area contributed by atoms with Gasteiger partial charge in [-0.3, -0.25) is 14.4 Å². The first-order valence-electron chi connectivity index (χ1n) is 8.92. The van der Waals surface area contributed by atoms with Crippen molar-refractivity contribution in [3.05, 3.63) is 0 Å². The summed E-state index contributed by atoms with van der Waals surface area (Å²) in [4.78, 5) is 50.2. The molecule has 0 radical (unpaired) electrons. The summed E-state index contributed by atoms with van der Waals surface area (Å²) in [6.07, 6.45) is -1.37.